The first-order valence-corrected chi connectivity index (χ1v) is 6.12. The maximum Gasteiger partial charge on any atom is 0.373 e. The van der Waals surface area contributed by atoms with Gasteiger partial charge in [-0.05, 0) is 31.2 Å². The third-order valence-corrected chi connectivity index (χ3v) is 2.76. The summed E-state index contributed by atoms with van der Waals surface area (Å²) in [4.78, 5) is 11.2. The zero-order valence-electron chi connectivity index (χ0n) is 11.0. The highest BCUT2D eigenvalue weighted by atomic mass is 16.5. The molecule has 0 aromatic carbocycles. The Morgan fingerprint density at radius 1 is 1.37 bits per heavy atom. The minimum Gasteiger partial charge on any atom is -0.469 e. The minimum absolute atomic E-state index is 0.220. The number of nitrogens with one attached hydrogen (secondary N) is 1. The summed E-state index contributed by atoms with van der Waals surface area (Å²) in [5, 5.41) is 3.30. The molecule has 2 rings (SSSR count). The molecule has 1 atom stereocenters. The monoisotopic (exact) mass is 263 g/mol. The van der Waals surface area contributed by atoms with Crippen LogP contribution in [0.15, 0.2) is 39.4 Å². The van der Waals surface area contributed by atoms with E-state index < -0.39 is 5.97 Å². The molecule has 0 bridgehead atoms. The molecule has 5 heteroatoms. The predicted molar refractivity (Wildman–Crippen MR) is 68.8 cm³/mol. The van der Waals surface area contributed by atoms with E-state index in [2.05, 4.69) is 17.0 Å². The van der Waals surface area contributed by atoms with Crippen molar-refractivity contribution in [3.63, 3.8) is 0 Å². The van der Waals surface area contributed by atoms with Crippen molar-refractivity contribution in [1.82, 2.24) is 5.32 Å². The fourth-order valence-electron chi connectivity index (χ4n) is 1.76. The molecule has 5 nitrogen and oxygen atoms in total. The van der Waals surface area contributed by atoms with Crippen LogP contribution in [0.3, 0.4) is 0 Å². The van der Waals surface area contributed by atoms with Crippen LogP contribution in [0.25, 0.3) is 0 Å². The van der Waals surface area contributed by atoms with Gasteiger partial charge in [-0.25, -0.2) is 4.79 Å². The third-order valence-electron chi connectivity index (χ3n) is 2.76. The SMILES string of the molecule is COC(=O)c1ccc(CNC(C)Cc2ccco2)o1. The second kappa shape index (κ2) is 6.24. The predicted octanol–water partition coefficient (Wildman–Crippen LogP) is 2.38. The Balaban J connectivity index is 1.81. The van der Waals surface area contributed by atoms with Crippen molar-refractivity contribution in [2.24, 2.45) is 0 Å². The molecule has 102 valence electrons. The van der Waals surface area contributed by atoms with Crippen LogP contribution < -0.4 is 5.32 Å². The number of furan rings is 2. The molecule has 19 heavy (non-hydrogen) atoms. The fourth-order valence-corrected chi connectivity index (χ4v) is 1.76. The molecule has 0 fully saturated rings. The average molecular weight is 263 g/mol. The average Bonchev–Trinajstić information content (AvgIpc) is 3.06. The van der Waals surface area contributed by atoms with Crippen LogP contribution in [0.1, 0.15) is 29.0 Å². The van der Waals surface area contributed by atoms with Crippen molar-refractivity contribution in [3.8, 4) is 0 Å². The highest BCUT2D eigenvalue weighted by molar-refractivity contribution is 5.86. The molecule has 0 aliphatic heterocycles. The highest BCUT2D eigenvalue weighted by Crippen LogP contribution is 2.10. The minimum atomic E-state index is -0.463. The first-order chi connectivity index (χ1) is 9.19. The van der Waals surface area contributed by atoms with E-state index in [9.17, 15) is 4.79 Å². The summed E-state index contributed by atoms with van der Waals surface area (Å²) in [6, 6.07) is 7.44. The first kappa shape index (κ1) is 13.4. The number of methoxy groups -OCH3 is 1. The Morgan fingerprint density at radius 2 is 2.21 bits per heavy atom. The van der Waals surface area contributed by atoms with Gasteiger partial charge in [-0.2, -0.15) is 0 Å². The summed E-state index contributed by atoms with van der Waals surface area (Å²) in [6.45, 7) is 2.62. The molecule has 1 unspecified atom stereocenters. The summed E-state index contributed by atoms with van der Waals surface area (Å²) in [5.74, 6) is 1.40. The Kier molecular flexibility index (Phi) is 4.41. The van der Waals surface area contributed by atoms with E-state index >= 15 is 0 Å². The summed E-state index contributed by atoms with van der Waals surface area (Å²) in [5.41, 5.74) is 0. The van der Waals surface area contributed by atoms with Crippen molar-refractivity contribution in [2.45, 2.75) is 25.9 Å². The zero-order valence-corrected chi connectivity index (χ0v) is 11.0. The summed E-state index contributed by atoms with van der Waals surface area (Å²) in [6.07, 6.45) is 2.47. The van der Waals surface area contributed by atoms with Gasteiger partial charge in [0.2, 0.25) is 5.76 Å². The van der Waals surface area contributed by atoms with Crippen LogP contribution in [0.5, 0.6) is 0 Å². The van der Waals surface area contributed by atoms with Gasteiger partial charge in [-0.15, -0.1) is 0 Å². The molecule has 2 aromatic rings. The fraction of sp³-hybridized carbons (Fsp3) is 0.357. The molecular formula is C14H17NO4. The summed E-state index contributed by atoms with van der Waals surface area (Å²) in [7, 11) is 1.33. The third kappa shape index (κ3) is 3.72. The molecule has 0 spiro atoms. The van der Waals surface area contributed by atoms with Crippen LogP contribution in [0, 0.1) is 0 Å². The van der Waals surface area contributed by atoms with E-state index in [1.807, 2.05) is 12.1 Å². The number of carbonyl (C=O) groups excluding carboxylic acids is 1. The van der Waals surface area contributed by atoms with Gasteiger partial charge in [-0.1, -0.05) is 0 Å². The smallest absolute Gasteiger partial charge is 0.373 e. The van der Waals surface area contributed by atoms with Crippen LogP contribution in [-0.2, 0) is 17.7 Å². The van der Waals surface area contributed by atoms with Crippen LogP contribution in [-0.4, -0.2) is 19.1 Å². The number of ether oxygens (including phenoxy) is 1. The Morgan fingerprint density at radius 3 is 2.89 bits per heavy atom. The molecule has 0 aliphatic carbocycles. The van der Waals surface area contributed by atoms with Gasteiger partial charge in [0.1, 0.15) is 11.5 Å². The zero-order chi connectivity index (χ0) is 13.7. The molecule has 0 amide bonds. The molecule has 0 saturated carbocycles. The van der Waals surface area contributed by atoms with Crippen LogP contribution >= 0.6 is 0 Å². The largest absolute Gasteiger partial charge is 0.469 e. The van der Waals surface area contributed by atoms with Crippen molar-refractivity contribution >= 4 is 5.97 Å². The molecule has 0 radical (unpaired) electrons. The van der Waals surface area contributed by atoms with Gasteiger partial charge in [0.25, 0.3) is 0 Å². The number of hydrogen-bond acceptors (Lipinski definition) is 5. The summed E-state index contributed by atoms with van der Waals surface area (Å²) < 4.78 is 15.2. The van der Waals surface area contributed by atoms with E-state index in [1.54, 1.807) is 18.4 Å². The lowest BCUT2D eigenvalue weighted by Gasteiger charge is -2.10. The molecule has 2 heterocycles. The molecule has 0 saturated heterocycles. The Hall–Kier alpha value is -2.01. The van der Waals surface area contributed by atoms with E-state index in [-0.39, 0.29) is 11.8 Å². The molecule has 0 aliphatic rings. The number of hydrogen-bond donors (Lipinski definition) is 1. The van der Waals surface area contributed by atoms with Gasteiger partial charge in [0.05, 0.1) is 19.9 Å². The van der Waals surface area contributed by atoms with Crippen LogP contribution in [0.2, 0.25) is 0 Å². The molecular weight excluding hydrogens is 246 g/mol. The van der Waals surface area contributed by atoms with Crippen molar-refractivity contribution in [2.75, 3.05) is 7.11 Å². The normalized spacial score (nSPS) is 12.3. The van der Waals surface area contributed by atoms with Gasteiger partial charge in [-0.3, -0.25) is 0 Å². The second-order valence-electron chi connectivity index (χ2n) is 4.32. The van der Waals surface area contributed by atoms with Gasteiger partial charge >= 0.3 is 5.97 Å². The Bertz CT molecular complexity index is 515. The summed E-state index contributed by atoms with van der Waals surface area (Å²) >= 11 is 0. The highest BCUT2D eigenvalue weighted by Gasteiger charge is 2.12. The lowest BCUT2D eigenvalue weighted by atomic mass is 10.2. The van der Waals surface area contributed by atoms with Crippen molar-refractivity contribution in [3.05, 3.63) is 47.8 Å². The van der Waals surface area contributed by atoms with Crippen LogP contribution in [0.4, 0.5) is 0 Å². The van der Waals surface area contributed by atoms with E-state index in [0.717, 1.165) is 12.2 Å². The van der Waals surface area contributed by atoms with E-state index in [1.165, 1.54) is 7.11 Å². The first-order valence-electron chi connectivity index (χ1n) is 6.12. The van der Waals surface area contributed by atoms with E-state index in [0.29, 0.717) is 12.3 Å². The number of rotatable bonds is 6. The quantitative estimate of drug-likeness (QED) is 0.811. The van der Waals surface area contributed by atoms with Crippen molar-refractivity contribution < 1.29 is 18.4 Å². The topological polar surface area (TPSA) is 64.6 Å². The Labute approximate surface area is 111 Å². The van der Waals surface area contributed by atoms with Crippen molar-refractivity contribution in [1.29, 1.82) is 0 Å². The standard InChI is InChI=1S/C14H17NO4/c1-10(8-11-4-3-7-18-11)15-9-12-5-6-13(19-12)14(16)17-2/h3-7,10,15H,8-9H2,1-2H3. The maximum atomic E-state index is 11.2. The van der Waals surface area contributed by atoms with Gasteiger partial charge in [0, 0.05) is 12.5 Å². The molecule has 2 aromatic heterocycles. The second-order valence-corrected chi connectivity index (χ2v) is 4.32. The maximum absolute atomic E-state index is 11.2. The lowest BCUT2D eigenvalue weighted by molar-refractivity contribution is 0.0563. The molecule has 1 N–H and O–H groups in total. The van der Waals surface area contributed by atoms with Gasteiger partial charge < -0.3 is 18.9 Å². The van der Waals surface area contributed by atoms with Gasteiger partial charge in [0.15, 0.2) is 0 Å². The lowest BCUT2D eigenvalue weighted by Crippen LogP contribution is -2.27. The number of carbonyl (C=O) groups is 1. The number of esters is 1. The van der Waals surface area contributed by atoms with E-state index in [4.69, 9.17) is 8.83 Å².